The lowest BCUT2D eigenvalue weighted by molar-refractivity contribution is 0.0452. The van der Waals surface area contributed by atoms with E-state index in [1.807, 2.05) is 13.8 Å². The molecule has 1 rings (SSSR count). The fraction of sp³-hybridized carbons (Fsp3) is 0.800. The van der Waals surface area contributed by atoms with Gasteiger partial charge in [-0.05, 0) is 44.2 Å². The molecule has 9 heteroatoms. The molecule has 0 radical (unpaired) electrons. The second-order valence-corrected chi connectivity index (χ2v) is 14.4. The van der Waals surface area contributed by atoms with Crippen molar-refractivity contribution in [2.24, 2.45) is 0 Å². The molecule has 0 aromatic heterocycles. The van der Waals surface area contributed by atoms with Crippen LogP contribution in [0.4, 0.5) is 0 Å². The monoisotopic (exact) mass is 713 g/mol. The van der Waals surface area contributed by atoms with Gasteiger partial charge in [0.1, 0.15) is 0 Å². The molecular weight excluding hydrogens is 639 g/mol. The van der Waals surface area contributed by atoms with Crippen molar-refractivity contribution in [3.05, 3.63) is 35.4 Å². The second-order valence-electron chi connectivity index (χ2n) is 12.8. The van der Waals surface area contributed by atoms with Gasteiger partial charge in [-0.25, -0.2) is 14.2 Å². The molecule has 8 nitrogen and oxygen atoms in total. The predicted octanol–water partition coefficient (Wildman–Crippen LogP) is 12.8. The molecule has 0 aliphatic heterocycles. The summed E-state index contributed by atoms with van der Waals surface area (Å²) >= 11 is 0. The third kappa shape index (κ3) is 27.6. The van der Waals surface area contributed by atoms with Gasteiger partial charge in [-0.2, -0.15) is 0 Å². The Morgan fingerprint density at radius 1 is 0.429 bits per heavy atom. The Kier molecular flexibility index (Phi) is 33.5. The number of benzene rings is 1. The highest BCUT2D eigenvalue weighted by Gasteiger charge is 2.26. The number of hydrogen-bond donors (Lipinski definition) is 0. The number of unbranched alkanes of at least 4 members (excludes halogenated alkanes) is 17. The summed E-state index contributed by atoms with van der Waals surface area (Å²) in [4.78, 5) is 23.9. The van der Waals surface area contributed by atoms with E-state index in [2.05, 4.69) is 20.8 Å². The smallest absolute Gasteiger partial charge is 0.462 e. The van der Waals surface area contributed by atoms with Gasteiger partial charge in [0.05, 0.1) is 44.2 Å². The molecule has 1 aromatic carbocycles. The first-order valence-corrected chi connectivity index (χ1v) is 21.3. The van der Waals surface area contributed by atoms with Gasteiger partial charge in [0.2, 0.25) is 0 Å². The van der Waals surface area contributed by atoms with Gasteiger partial charge in [-0.3, -0.25) is 13.6 Å². The highest BCUT2D eigenvalue weighted by atomic mass is 31.2. The first-order chi connectivity index (χ1) is 23.9. The van der Waals surface area contributed by atoms with Gasteiger partial charge >= 0.3 is 19.8 Å². The zero-order chi connectivity index (χ0) is 36.3. The predicted molar refractivity (Wildman–Crippen MR) is 202 cm³/mol. The normalized spacial score (nSPS) is 11.2. The summed E-state index contributed by atoms with van der Waals surface area (Å²) in [6.07, 6.45) is 24.8. The summed E-state index contributed by atoms with van der Waals surface area (Å²) in [7, 11) is -3.40. The third-order valence-corrected chi connectivity index (χ3v) is 9.57. The van der Waals surface area contributed by atoms with Crippen LogP contribution in [0.1, 0.15) is 197 Å². The maximum atomic E-state index is 13.0. The lowest BCUT2D eigenvalue weighted by Gasteiger charge is -2.18. The van der Waals surface area contributed by atoms with Crippen molar-refractivity contribution < 1.29 is 37.2 Å². The fourth-order valence-electron chi connectivity index (χ4n) is 4.90. The Labute approximate surface area is 300 Å². The van der Waals surface area contributed by atoms with Crippen LogP contribution in [0.5, 0.6) is 0 Å². The van der Waals surface area contributed by atoms with E-state index >= 15 is 0 Å². The van der Waals surface area contributed by atoms with Crippen molar-refractivity contribution >= 4 is 19.8 Å². The van der Waals surface area contributed by atoms with Crippen molar-refractivity contribution in [1.29, 1.82) is 0 Å². The molecule has 0 N–H and O–H groups in total. The van der Waals surface area contributed by atoms with Crippen LogP contribution in [0.3, 0.4) is 0 Å². The molecule has 0 spiro atoms. The van der Waals surface area contributed by atoms with E-state index in [1.54, 1.807) is 24.3 Å². The molecule has 0 bridgehead atoms. The van der Waals surface area contributed by atoms with E-state index in [-0.39, 0.29) is 11.1 Å². The van der Waals surface area contributed by atoms with Crippen molar-refractivity contribution in [2.45, 2.75) is 176 Å². The molecule has 286 valence electrons. The van der Waals surface area contributed by atoms with Gasteiger partial charge in [-0.1, -0.05) is 156 Å². The molecule has 0 saturated carbocycles. The first kappa shape index (κ1) is 47.3. The average Bonchev–Trinajstić information content (AvgIpc) is 3.11. The molecule has 0 fully saturated rings. The molecule has 0 unspecified atom stereocenters. The van der Waals surface area contributed by atoms with Crippen LogP contribution in [0.2, 0.25) is 0 Å². The summed E-state index contributed by atoms with van der Waals surface area (Å²) in [5.41, 5.74) is 0.537. The van der Waals surface area contributed by atoms with E-state index in [0.717, 1.165) is 64.2 Å². The Morgan fingerprint density at radius 2 is 0.714 bits per heavy atom. The highest BCUT2D eigenvalue weighted by Crippen LogP contribution is 2.50. The van der Waals surface area contributed by atoms with Crippen LogP contribution in [-0.2, 0) is 27.6 Å². The van der Waals surface area contributed by atoms with E-state index in [9.17, 15) is 14.2 Å². The summed E-state index contributed by atoms with van der Waals surface area (Å²) in [6.45, 7) is 12.9. The standard InChI is InChI=1S/C24H51O4P.C16H22O4/c1-4-7-10-13-16-19-22-26-29(25,27-23-20-17-14-11-8-5-2)28-24-21-18-15-12-9-6-3;1-3-5-11-19-15(17)13-9-7-8-10-14(13)16(18)20-12-6-4-2/h4-24H2,1-3H3;7-10H,3-6,11-12H2,1-2H3. The molecule has 49 heavy (non-hydrogen) atoms. The molecule has 0 saturated heterocycles. The Morgan fingerprint density at radius 3 is 1.02 bits per heavy atom. The minimum absolute atomic E-state index is 0.269. The Balaban J connectivity index is 0.00000100. The number of esters is 2. The van der Waals surface area contributed by atoms with Crippen LogP contribution in [0.15, 0.2) is 24.3 Å². The number of phosphoric ester groups is 1. The van der Waals surface area contributed by atoms with Gasteiger partial charge < -0.3 is 9.47 Å². The molecular formula is C40H73O8P. The number of rotatable bonds is 32. The van der Waals surface area contributed by atoms with Crippen LogP contribution >= 0.6 is 7.82 Å². The number of carbonyl (C=O) groups is 2. The van der Waals surface area contributed by atoms with Crippen molar-refractivity contribution in [3.8, 4) is 0 Å². The summed E-state index contributed by atoms with van der Waals surface area (Å²) in [5, 5.41) is 0. The lowest BCUT2D eigenvalue weighted by Crippen LogP contribution is -2.14. The molecule has 1 aromatic rings. The Hall–Kier alpha value is -1.73. The number of carbonyl (C=O) groups excluding carboxylic acids is 2. The maximum Gasteiger partial charge on any atom is 0.474 e. The van der Waals surface area contributed by atoms with Crippen LogP contribution < -0.4 is 0 Å². The number of hydrogen-bond acceptors (Lipinski definition) is 8. The summed E-state index contributed by atoms with van der Waals surface area (Å²) in [5.74, 6) is -0.942. The molecule has 0 atom stereocenters. The van der Waals surface area contributed by atoms with Gasteiger partial charge in [0.25, 0.3) is 0 Å². The van der Waals surface area contributed by atoms with Crippen molar-refractivity contribution in [1.82, 2.24) is 0 Å². The topological polar surface area (TPSA) is 97.4 Å². The Bertz CT molecular complexity index is 861. The largest absolute Gasteiger partial charge is 0.474 e. The van der Waals surface area contributed by atoms with E-state index in [4.69, 9.17) is 23.0 Å². The second kappa shape index (κ2) is 34.7. The van der Waals surface area contributed by atoms with Crippen LogP contribution in [-0.4, -0.2) is 45.0 Å². The van der Waals surface area contributed by atoms with Gasteiger partial charge in [0, 0.05) is 0 Å². The quantitative estimate of drug-likeness (QED) is 0.0414. The van der Waals surface area contributed by atoms with Crippen molar-refractivity contribution in [2.75, 3.05) is 33.0 Å². The highest BCUT2D eigenvalue weighted by molar-refractivity contribution is 7.48. The minimum Gasteiger partial charge on any atom is -0.462 e. The number of ether oxygens (including phenoxy) is 2. The summed E-state index contributed by atoms with van der Waals surface area (Å²) in [6, 6.07) is 6.59. The molecule has 0 aliphatic rings. The average molecular weight is 713 g/mol. The molecule has 0 aliphatic carbocycles. The lowest BCUT2D eigenvalue weighted by atomic mass is 10.1. The van der Waals surface area contributed by atoms with E-state index < -0.39 is 19.8 Å². The first-order valence-electron chi connectivity index (χ1n) is 19.9. The van der Waals surface area contributed by atoms with Crippen LogP contribution in [0, 0.1) is 0 Å². The van der Waals surface area contributed by atoms with E-state index in [0.29, 0.717) is 33.0 Å². The van der Waals surface area contributed by atoms with Gasteiger partial charge in [-0.15, -0.1) is 0 Å². The maximum absolute atomic E-state index is 13.0. The fourth-order valence-corrected chi connectivity index (χ4v) is 6.18. The third-order valence-electron chi connectivity index (χ3n) is 8.07. The van der Waals surface area contributed by atoms with Crippen LogP contribution in [0.25, 0.3) is 0 Å². The SMILES string of the molecule is CCCCCCCCOP(=O)(OCCCCCCCC)OCCCCCCCC.CCCCOC(=O)c1ccccc1C(=O)OCCCC. The van der Waals surface area contributed by atoms with Crippen molar-refractivity contribution in [3.63, 3.8) is 0 Å². The molecule has 0 amide bonds. The zero-order valence-corrected chi connectivity index (χ0v) is 33.0. The van der Waals surface area contributed by atoms with Gasteiger partial charge in [0.15, 0.2) is 0 Å². The molecule has 0 heterocycles. The summed E-state index contributed by atoms with van der Waals surface area (Å²) < 4.78 is 40.1. The minimum atomic E-state index is -3.40. The zero-order valence-electron chi connectivity index (χ0n) is 32.1. The number of phosphoric acid groups is 1. The van der Waals surface area contributed by atoms with E-state index in [1.165, 1.54) is 77.0 Å².